The van der Waals surface area contributed by atoms with Crippen LogP contribution in [0.5, 0.6) is 0 Å². The van der Waals surface area contributed by atoms with Crippen LogP contribution in [0.25, 0.3) is 11.3 Å². The number of amides is 1. The molecule has 3 rings (SSSR count). The monoisotopic (exact) mass is 299 g/mol. The van der Waals surface area contributed by atoms with Gasteiger partial charge in [-0.1, -0.05) is 29.8 Å². The second-order valence-electron chi connectivity index (χ2n) is 5.26. The lowest BCUT2D eigenvalue weighted by atomic mass is 10.1. The average Bonchev–Trinajstić information content (AvgIpc) is 2.55. The van der Waals surface area contributed by atoms with Crippen molar-refractivity contribution in [1.29, 1.82) is 0 Å². The Morgan fingerprint density at radius 2 is 1.91 bits per heavy atom. The lowest BCUT2D eigenvalue weighted by molar-refractivity contribution is 0.0298. The van der Waals surface area contributed by atoms with Gasteiger partial charge in [0, 0.05) is 18.7 Å². The molecule has 1 aromatic heterocycles. The number of rotatable bonds is 2. The van der Waals surface area contributed by atoms with Crippen LogP contribution in [0.2, 0.25) is 0 Å². The Morgan fingerprint density at radius 1 is 1.23 bits per heavy atom. The van der Waals surface area contributed by atoms with Gasteiger partial charge in [-0.15, -0.1) is 0 Å². The summed E-state index contributed by atoms with van der Waals surface area (Å²) < 4.78 is 5.24. The number of nitrogens with zero attached hydrogens (tertiary/aromatic N) is 2. The maximum absolute atomic E-state index is 12.5. The number of nitrogens with one attached hydrogen (secondary N) is 1. The highest BCUT2D eigenvalue weighted by molar-refractivity contribution is 5.93. The van der Waals surface area contributed by atoms with Crippen LogP contribution in [0, 0.1) is 6.92 Å². The zero-order valence-electron chi connectivity index (χ0n) is 12.3. The molecule has 0 unspecified atom stereocenters. The molecular weight excluding hydrogens is 282 g/mol. The van der Waals surface area contributed by atoms with Gasteiger partial charge in [0.2, 0.25) is 0 Å². The lowest BCUT2D eigenvalue weighted by Gasteiger charge is -2.26. The molecule has 1 saturated heterocycles. The fourth-order valence-electron chi connectivity index (χ4n) is 2.38. The largest absolute Gasteiger partial charge is 0.378 e. The van der Waals surface area contributed by atoms with Crippen molar-refractivity contribution in [1.82, 2.24) is 14.9 Å². The van der Waals surface area contributed by atoms with Crippen LogP contribution in [0.15, 0.2) is 35.1 Å². The Hall–Kier alpha value is -2.47. The van der Waals surface area contributed by atoms with Gasteiger partial charge in [0.25, 0.3) is 5.91 Å². The molecule has 0 radical (unpaired) electrons. The van der Waals surface area contributed by atoms with Crippen molar-refractivity contribution < 1.29 is 9.53 Å². The third-order valence-corrected chi connectivity index (χ3v) is 3.62. The average molecular weight is 299 g/mol. The molecule has 2 aromatic rings. The topological polar surface area (TPSA) is 75.3 Å². The Morgan fingerprint density at radius 3 is 2.59 bits per heavy atom. The van der Waals surface area contributed by atoms with Gasteiger partial charge in [-0.2, -0.15) is 4.98 Å². The summed E-state index contributed by atoms with van der Waals surface area (Å²) in [5.41, 5.74) is 2.18. The van der Waals surface area contributed by atoms with Crippen molar-refractivity contribution in [3.05, 3.63) is 52.1 Å². The molecule has 6 nitrogen and oxygen atoms in total. The molecule has 2 heterocycles. The maximum atomic E-state index is 12.5. The number of hydrogen-bond acceptors (Lipinski definition) is 4. The molecule has 22 heavy (non-hydrogen) atoms. The summed E-state index contributed by atoms with van der Waals surface area (Å²) in [6.07, 6.45) is 0. The number of aryl methyl sites for hydroxylation is 1. The summed E-state index contributed by atoms with van der Waals surface area (Å²) in [7, 11) is 0. The second kappa shape index (κ2) is 6.11. The van der Waals surface area contributed by atoms with E-state index >= 15 is 0 Å². The maximum Gasteiger partial charge on any atom is 0.346 e. The van der Waals surface area contributed by atoms with Crippen LogP contribution in [-0.4, -0.2) is 47.1 Å². The first-order valence-corrected chi connectivity index (χ1v) is 7.19. The molecule has 1 amide bonds. The number of carbonyl (C=O) groups excluding carboxylic acids is 1. The van der Waals surface area contributed by atoms with Crippen molar-refractivity contribution in [3.8, 4) is 11.3 Å². The molecule has 0 aliphatic carbocycles. The number of carbonyl (C=O) groups is 1. The Bertz CT molecular complexity index is 731. The van der Waals surface area contributed by atoms with E-state index in [0.717, 1.165) is 11.1 Å². The summed E-state index contributed by atoms with van der Waals surface area (Å²) in [4.78, 5) is 32.4. The van der Waals surface area contributed by atoms with Gasteiger partial charge >= 0.3 is 5.69 Å². The minimum absolute atomic E-state index is 0.198. The first-order valence-electron chi connectivity index (χ1n) is 7.19. The third kappa shape index (κ3) is 3.07. The van der Waals surface area contributed by atoms with E-state index in [-0.39, 0.29) is 11.6 Å². The minimum Gasteiger partial charge on any atom is -0.378 e. The molecule has 1 fully saturated rings. The lowest BCUT2D eigenvalue weighted by Crippen LogP contribution is -2.41. The molecule has 0 bridgehead atoms. The third-order valence-electron chi connectivity index (χ3n) is 3.62. The van der Waals surface area contributed by atoms with Gasteiger partial charge in [-0.25, -0.2) is 4.79 Å². The Kier molecular flexibility index (Phi) is 4.02. The van der Waals surface area contributed by atoms with Gasteiger partial charge in [0.1, 0.15) is 5.69 Å². The van der Waals surface area contributed by atoms with Gasteiger partial charge in [0.05, 0.1) is 18.9 Å². The van der Waals surface area contributed by atoms with Crippen molar-refractivity contribution in [3.63, 3.8) is 0 Å². The first kappa shape index (κ1) is 14.5. The summed E-state index contributed by atoms with van der Waals surface area (Å²) in [5.74, 6) is -0.198. The number of ether oxygens (including phenoxy) is 1. The number of morpholine rings is 1. The van der Waals surface area contributed by atoms with Gasteiger partial charge in [-0.05, 0) is 13.0 Å². The zero-order chi connectivity index (χ0) is 15.5. The van der Waals surface area contributed by atoms with Crippen LogP contribution in [0.4, 0.5) is 0 Å². The molecule has 0 spiro atoms. The number of benzene rings is 1. The molecule has 114 valence electrons. The zero-order valence-corrected chi connectivity index (χ0v) is 12.3. The highest BCUT2D eigenvalue weighted by Gasteiger charge is 2.20. The van der Waals surface area contributed by atoms with E-state index in [1.165, 1.54) is 0 Å². The smallest absolute Gasteiger partial charge is 0.346 e. The van der Waals surface area contributed by atoms with E-state index in [4.69, 9.17) is 4.74 Å². The van der Waals surface area contributed by atoms with E-state index in [1.807, 2.05) is 31.2 Å². The molecule has 6 heteroatoms. The second-order valence-corrected chi connectivity index (χ2v) is 5.26. The predicted molar refractivity (Wildman–Crippen MR) is 81.8 cm³/mol. The summed E-state index contributed by atoms with van der Waals surface area (Å²) in [6.45, 7) is 4.09. The fraction of sp³-hybridized carbons (Fsp3) is 0.312. The molecule has 1 aliphatic heterocycles. The quantitative estimate of drug-likeness (QED) is 0.904. The van der Waals surface area contributed by atoms with E-state index in [1.54, 1.807) is 11.0 Å². The highest BCUT2D eigenvalue weighted by atomic mass is 16.5. The normalized spacial score (nSPS) is 14.9. The van der Waals surface area contributed by atoms with Crippen LogP contribution in [-0.2, 0) is 4.74 Å². The number of aromatic nitrogens is 2. The van der Waals surface area contributed by atoms with Crippen LogP contribution >= 0.6 is 0 Å². The summed E-state index contributed by atoms with van der Waals surface area (Å²) in [6, 6.07) is 9.30. The van der Waals surface area contributed by atoms with Gasteiger partial charge < -0.3 is 14.6 Å². The fourth-order valence-corrected chi connectivity index (χ4v) is 2.38. The standard InChI is InChI=1S/C16H17N3O3/c1-11-2-4-12(5-3-11)13-10-14(18-16(21)17-13)15(20)19-6-8-22-9-7-19/h2-5,10H,6-9H2,1H3,(H,17,18,21). The molecular formula is C16H17N3O3. The van der Waals surface area contributed by atoms with Gasteiger partial charge in [-0.3, -0.25) is 4.79 Å². The summed E-state index contributed by atoms with van der Waals surface area (Å²) >= 11 is 0. The predicted octanol–water partition coefficient (Wildman–Crippen LogP) is 1.22. The van der Waals surface area contributed by atoms with Gasteiger partial charge in [0.15, 0.2) is 0 Å². The number of H-pyrrole nitrogens is 1. The Balaban J connectivity index is 1.94. The van der Waals surface area contributed by atoms with Crippen molar-refractivity contribution in [2.75, 3.05) is 26.3 Å². The van der Waals surface area contributed by atoms with Crippen LogP contribution in [0.3, 0.4) is 0 Å². The Labute approximate surface area is 127 Å². The highest BCUT2D eigenvalue weighted by Crippen LogP contribution is 2.17. The molecule has 0 saturated carbocycles. The molecule has 1 aromatic carbocycles. The molecule has 0 atom stereocenters. The van der Waals surface area contributed by atoms with Crippen molar-refractivity contribution in [2.45, 2.75) is 6.92 Å². The van der Waals surface area contributed by atoms with Crippen LogP contribution < -0.4 is 5.69 Å². The molecule has 1 N–H and O–H groups in total. The minimum atomic E-state index is -0.519. The van der Waals surface area contributed by atoms with Crippen molar-refractivity contribution in [2.24, 2.45) is 0 Å². The number of hydrogen-bond donors (Lipinski definition) is 1. The van der Waals surface area contributed by atoms with Crippen molar-refractivity contribution >= 4 is 5.91 Å². The molecule has 1 aliphatic rings. The van der Waals surface area contributed by atoms with E-state index < -0.39 is 5.69 Å². The van der Waals surface area contributed by atoms with E-state index in [0.29, 0.717) is 32.0 Å². The van der Waals surface area contributed by atoms with Crippen LogP contribution in [0.1, 0.15) is 16.1 Å². The van der Waals surface area contributed by atoms with E-state index in [9.17, 15) is 9.59 Å². The van der Waals surface area contributed by atoms with E-state index in [2.05, 4.69) is 9.97 Å². The number of aromatic amines is 1. The first-order chi connectivity index (χ1) is 10.6. The SMILES string of the molecule is Cc1ccc(-c2cc(C(=O)N3CCOCC3)[nH]c(=O)n2)cc1. The summed E-state index contributed by atoms with van der Waals surface area (Å²) in [5, 5.41) is 0.